The summed E-state index contributed by atoms with van der Waals surface area (Å²) in [5.41, 5.74) is 8.20. The van der Waals surface area contributed by atoms with Crippen LogP contribution >= 0.6 is 0 Å². The van der Waals surface area contributed by atoms with Crippen LogP contribution in [-0.4, -0.2) is 26.9 Å². The van der Waals surface area contributed by atoms with E-state index in [9.17, 15) is 4.79 Å². The third-order valence-electron chi connectivity index (χ3n) is 7.56. The molecule has 1 N–H and O–H groups in total. The Morgan fingerprint density at radius 2 is 1.56 bits per heavy atom. The third-order valence-corrected chi connectivity index (χ3v) is 7.56. The second-order valence-corrected chi connectivity index (χ2v) is 10.6. The summed E-state index contributed by atoms with van der Waals surface area (Å²) in [7, 11) is 0. The number of aromatic nitrogens is 2. The minimum absolute atomic E-state index is 0.114. The molecule has 5 rings (SSSR count). The number of amides is 1. The highest BCUT2D eigenvalue weighted by Crippen LogP contribution is 2.32. The average Bonchev–Trinajstić information content (AvgIpc) is 3.33. The Labute approximate surface area is 232 Å². The van der Waals surface area contributed by atoms with E-state index in [-0.39, 0.29) is 5.91 Å². The summed E-state index contributed by atoms with van der Waals surface area (Å²) in [4.78, 5) is 19.7. The van der Waals surface area contributed by atoms with Gasteiger partial charge in [0.15, 0.2) is 0 Å². The van der Waals surface area contributed by atoms with E-state index in [0.29, 0.717) is 6.42 Å². The maximum absolute atomic E-state index is 11.8. The van der Waals surface area contributed by atoms with E-state index in [1.165, 1.54) is 22.4 Å². The van der Waals surface area contributed by atoms with Crippen molar-refractivity contribution >= 4 is 11.6 Å². The van der Waals surface area contributed by atoms with Crippen molar-refractivity contribution in [1.29, 1.82) is 0 Å². The molecule has 1 aliphatic heterocycles. The van der Waals surface area contributed by atoms with Gasteiger partial charge in [-0.2, -0.15) is 0 Å². The summed E-state index contributed by atoms with van der Waals surface area (Å²) in [6.07, 6.45) is 5.93. The van der Waals surface area contributed by atoms with Crippen LogP contribution in [0.2, 0.25) is 0 Å². The van der Waals surface area contributed by atoms with Crippen molar-refractivity contribution in [3.8, 4) is 22.6 Å². The van der Waals surface area contributed by atoms with Crippen LogP contribution in [0.15, 0.2) is 78.9 Å². The molecule has 5 nitrogen and oxygen atoms in total. The number of hydrogen-bond acceptors (Lipinski definition) is 3. The maximum atomic E-state index is 11.8. The van der Waals surface area contributed by atoms with E-state index in [1.54, 1.807) is 0 Å². The Morgan fingerprint density at radius 3 is 2.28 bits per heavy atom. The zero-order chi connectivity index (χ0) is 27.0. The van der Waals surface area contributed by atoms with Crippen LogP contribution in [0.4, 0.5) is 5.69 Å². The second-order valence-electron chi connectivity index (χ2n) is 10.6. The summed E-state index contributed by atoms with van der Waals surface area (Å²) >= 11 is 0. The fraction of sp³-hybridized carbons (Fsp3) is 0.353. The van der Waals surface area contributed by atoms with E-state index in [0.717, 1.165) is 81.1 Å². The second kappa shape index (κ2) is 12.9. The molecule has 0 unspecified atom stereocenters. The Balaban J connectivity index is 1.53. The van der Waals surface area contributed by atoms with Crippen LogP contribution in [0, 0.1) is 0 Å². The number of imidazole rings is 1. The summed E-state index contributed by atoms with van der Waals surface area (Å²) in [6, 6.07) is 27.8. The highest BCUT2D eigenvalue weighted by molar-refractivity contribution is 5.93. The molecule has 0 aliphatic carbocycles. The summed E-state index contributed by atoms with van der Waals surface area (Å²) < 4.78 is 2.47. The van der Waals surface area contributed by atoms with Gasteiger partial charge in [-0.1, -0.05) is 99.5 Å². The fourth-order valence-corrected chi connectivity index (χ4v) is 5.44. The highest BCUT2D eigenvalue weighted by atomic mass is 16.1. The smallest absolute Gasteiger partial charge is 0.224 e. The lowest BCUT2D eigenvalue weighted by Crippen LogP contribution is -2.26. The molecule has 0 bridgehead atoms. The van der Waals surface area contributed by atoms with E-state index in [2.05, 4.69) is 107 Å². The van der Waals surface area contributed by atoms with Crippen molar-refractivity contribution in [2.75, 3.05) is 11.9 Å². The van der Waals surface area contributed by atoms with Gasteiger partial charge in [0.2, 0.25) is 5.91 Å². The number of rotatable bonds is 12. The van der Waals surface area contributed by atoms with Gasteiger partial charge < -0.3 is 9.88 Å². The van der Waals surface area contributed by atoms with Crippen LogP contribution in [-0.2, 0) is 30.8 Å². The van der Waals surface area contributed by atoms with Crippen molar-refractivity contribution in [2.45, 2.75) is 72.0 Å². The number of hydrogen-bond donors (Lipinski definition) is 1. The number of carbonyl (C=O) groups excluding carboxylic acids is 1. The van der Waals surface area contributed by atoms with E-state index >= 15 is 0 Å². The summed E-state index contributed by atoms with van der Waals surface area (Å²) in [5, 5.41) is 3.02. The van der Waals surface area contributed by atoms with E-state index in [1.807, 2.05) is 0 Å². The van der Waals surface area contributed by atoms with Gasteiger partial charge in [0.05, 0.1) is 11.4 Å². The van der Waals surface area contributed by atoms with Crippen LogP contribution in [0.1, 0.15) is 62.8 Å². The molecule has 3 aromatic carbocycles. The molecule has 0 saturated heterocycles. The Bertz CT molecular complexity index is 1380. The molecule has 202 valence electrons. The molecule has 0 saturated carbocycles. The maximum Gasteiger partial charge on any atom is 0.224 e. The lowest BCUT2D eigenvalue weighted by molar-refractivity contribution is -0.116. The number of aryl methyl sites for hydroxylation is 1. The number of benzene rings is 3. The monoisotopic (exact) mass is 520 g/mol. The molecule has 2 heterocycles. The molecule has 0 fully saturated rings. The molecule has 5 heteroatoms. The van der Waals surface area contributed by atoms with E-state index < -0.39 is 0 Å². The fourth-order valence-electron chi connectivity index (χ4n) is 5.44. The number of fused-ring (bicyclic) bond motifs is 1. The van der Waals surface area contributed by atoms with Gasteiger partial charge in [0.1, 0.15) is 5.82 Å². The molecular formula is C34H40N4O. The van der Waals surface area contributed by atoms with Crippen molar-refractivity contribution < 1.29 is 4.79 Å². The summed E-state index contributed by atoms with van der Waals surface area (Å²) in [5.74, 6) is 1.17. The molecule has 1 amide bonds. The van der Waals surface area contributed by atoms with Crippen LogP contribution in [0.3, 0.4) is 0 Å². The Hall–Kier alpha value is -3.70. The minimum atomic E-state index is 0.114. The van der Waals surface area contributed by atoms with Crippen molar-refractivity contribution in [1.82, 2.24) is 14.5 Å². The first-order valence-electron chi connectivity index (χ1n) is 14.5. The largest absolute Gasteiger partial charge is 0.326 e. The van der Waals surface area contributed by atoms with Gasteiger partial charge >= 0.3 is 0 Å². The zero-order valence-electron chi connectivity index (χ0n) is 23.3. The van der Waals surface area contributed by atoms with Crippen LogP contribution in [0.25, 0.3) is 22.6 Å². The van der Waals surface area contributed by atoms with Crippen molar-refractivity contribution in [3.05, 3.63) is 95.7 Å². The quantitative estimate of drug-likeness (QED) is 0.208. The highest BCUT2D eigenvalue weighted by Gasteiger charge is 2.22. The Morgan fingerprint density at radius 1 is 0.846 bits per heavy atom. The predicted molar refractivity (Wildman–Crippen MR) is 160 cm³/mol. The molecular weight excluding hydrogens is 480 g/mol. The lowest BCUT2D eigenvalue weighted by Gasteiger charge is -2.25. The van der Waals surface area contributed by atoms with Crippen LogP contribution in [0.5, 0.6) is 0 Å². The summed E-state index contributed by atoms with van der Waals surface area (Å²) in [6.45, 7) is 8.20. The van der Waals surface area contributed by atoms with Crippen LogP contribution < -0.4 is 5.32 Å². The average molecular weight is 521 g/mol. The number of nitrogens with one attached hydrogen (secondary N) is 1. The SMILES string of the molecule is CCCCN(Cc1ccc2c(c1)CCC(=O)N2)Cc1c(-c2ccccc2)nc(-c2ccccc2)n1CCCC. The van der Waals surface area contributed by atoms with Gasteiger partial charge in [0, 0.05) is 42.9 Å². The molecule has 0 atom stereocenters. The number of carbonyl (C=O) groups is 1. The lowest BCUT2D eigenvalue weighted by atomic mass is 10.00. The first-order valence-corrected chi connectivity index (χ1v) is 14.5. The number of unbranched alkanes of at least 4 members (excludes halogenated alkanes) is 2. The Kier molecular flexibility index (Phi) is 8.89. The molecule has 1 aliphatic rings. The first-order chi connectivity index (χ1) is 19.2. The normalized spacial score (nSPS) is 12.9. The zero-order valence-corrected chi connectivity index (χ0v) is 23.3. The van der Waals surface area contributed by atoms with Gasteiger partial charge in [-0.3, -0.25) is 9.69 Å². The molecule has 0 radical (unpaired) electrons. The van der Waals surface area contributed by atoms with Gasteiger partial charge in [0.25, 0.3) is 0 Å². The minimum Gasteiger partial charge on any atom is -0.326 e. The van der Waals surface area contributed by atoms with Gasteiger partial charge in [-0.15, -0.1) is 0 Å². The molecule has 4 aromatic rings. The van der Waals surface area contributed by atoms with Gasteiger partial charge in [-0.25, -0.2) is 4.98 Å². The molecule has 1 aromatic heterocycles. The molecule has 0 spiro atoms. The van der Waals surface area contributed by atoms with Crippen molar-refractivity contribution in [3.63, 3.8) is 0 Å². The number of anilines is 1. The van der Waals surface area contributed by atoms with Crippen molar-refractivity contribution in [2.24, 2.45) is 0 Å². The number of nitrogens with zero attached hydrogens (tertiary/aromatic N) is 3. The van der Waals surface area contributed by atoms with E-state index in [4.69, 9.17) is 4.98 Å². The molecule has 39 heavy (non-hydrogen) atoms. The standard InChI is InChI=1S/C34H40N4O/c1-3-5-21-37(24-26-17-19-30-29(23-26)18-20-32(39)35-30)25-31-33(27-13-9-7-10-14-27)36-34(38(31)22-6-4-2)28-15-11-8-12-16-28/h7-17,19,23H,3-6,18,20-22,24-25H2,1-2H3,(H,35,39). The predicted octanol–water partition coefficient (Wildman–Crippen LogP) is 7.70. The third kappa shape index (κ3) is 6.48. The topological polar surface area (TPSA) is 50.2 Å². The first kappa shape index (κ1) is 26.9. The van der Waals surface area contributed by atoms with Gasteiger partial charge in [-0.05, 0) is 43.0 Å².